The van der Waals surface area contributed by atoms with Gasteiger partial charge in [0.05, 0.1) is 13.2 Å². The van der Waals surface area contributed by atoms with Crippen molar-refractivity contribution in [3.8, 4) is 12.8 Å². The van der Waals surface area contributed by atoms with Crippen molar-refractivity contribution in [2.24, 2.45) is 5.92 Å². The lowest BCUT2D eigenvalue weighted by Crippen LogP contribution is -2.08. The van der Waals surface area contributed by atoms with E-state index in [2.05, 4.69) is 12.8 Å². The Morgan fingerprint density at radius 2 is 1.50 bits per heavy atom. The van der Waals surface area contributed by atoms with Gasteiger partial charge in [0, 0.05) is 5.92 Å². The zero-order valence-corrected chi connectivity index (χ0v) is 5.95. The highest BCUT2D eigenvalue weighted by molar-refractivity contribution is 4.73. The summed E-state index contributed by atoms with van der Waals surface area (Å²) in [6.45, 7) is 1.82. The maximum atomic E-state index is 5.25. The molecule has 2 heteroatoms. The van der Waals surface area contributed by atoms with Crippen molar-refractivity contribution in [1.29, 1.82) is 0 Å². The summed E-state index contributed by atoms with van der Waals surface area (Å²) in [7, 11) is 0. The maximum absolute atomic E-state index is 5.25. The van der Waals surface area contributed by atoms with Crippen LogP contribution < -0.4 is 0 Å². The Hall–Kier alpha value is -0.520. The first-order chi connectivity index (χ1) is 4.97. The van der Waals surface area contributed by atoms with Gasteiger partial charge in [-0.05, 0) is 12.8 Å². The van der Waals surface area contributed by atoms with Gasteiger partial charge in [0.2, 0.25) is 0 Å². The van der Waals surface area contributed by atoms with Gasteiger partial charge in [0.1, 0.15) is 0 Å². The van der Waals surface area contributed by atoms with E-state index in [9.17, 15) is 0 Å². The number of hydrogen-bond donors (Lipinski definition) is 0. The largest absolute Gasteiger partial charge is 0.352 e. The van der Waals surface area contributed by atoms with E-state index in [1.165, 1.54) is 12.8 Å². The van der Waals surface area contributed by atoms with E-state index in [0.717, 1.165) is 19.1 Å². The highest BCUT2D eigenvalue weighted by Gasteiger charge is 2.33. The molecule has 0 atom stereocenters. The monoisotopic (exact) mass is 140 g/mol. The van der Waals surface area contributed by atoms with Crippen molar-refractivity contribution in [2.45, 2.75) is 19.1 Å². The number of terminal acetylenes is 1. The van der Waals surface area contributed by atoms with Crippen LogP contribution in [-0.4, -0.2) is 19.5 Å². The molecule has 0 aromatic heterocycles. The SMILES string of the molecule is C#C.C1CC2CCOC2O1. The summed E-state index contributed by atoms with van der Waals surface area (Å²) in [5, 5.41) is 0. The second-order valence-electron chi connectivity index (χ2n) is 2.45. The molecule has 0 N–H and O–H groups in total. The molecule has 10 heavy (non-hydrogen) atoms. The minimum atomic E-state index is 0.176. The Bertz CT molecular complexity index is 99.7. The first-order valence-electron chi connectivity index (χ1n) is 3.53. The van der Waals surface area contributed by atoms with Gasteiger partial charge < -0.3 is 9.47 Å². The quantitative estimate of drug-likeness (QED) is 0.468. The lowest BCUT2D eigenvalue weighted by atomic mass is 10.1. The summed E-state index contributed by atoms with van der Waals surface area (Å²) in [6.07, 6.45) is 10.6. The highest BCUT2D eigenvalue weighted by Crippen LogP contribution is 2.30. The first-order valence-corrected chi connectivity index (χ1v) is 3.53. The molecule has 2 aliphatic heterocycles. The average Bonchev–Trinajstić information content (AvgIpc) is 2.49. The molecular weight excluding hydrogens is 128 g/mol. The third kappa shape index (κ3) is 1.31. The third-order valence-electron chi connectivity index (χ3n) is 1.93. The van der Waals surface area contributed by atoms with Crippen molar-refractivity contribution < 1.29 is 9.47 Å². The fourth-order valence-corrected chi connectivity index (χ4v) is 1.41. The van der Waals surface area contributed by atoms with Crippen LogP contribution in [0.5, 0.6) is 0 Å². The van der Waals surface area contributed by atoms with Gasteiger partial charge in [-0.3, -0.25) is 0 Å². The van der Waals surface area contributed by atoms with Crippen molar-refractivity contribution in [1.82, 2.24) is 0 Å². The van der Waals surface area contributed by atoms with Crippen LogP contribution in [0.1, 0.15) is 12.8 Å². The summed E-state index contributed by atoms with van der Waals surface area (Å²) in [4.78, 5) is 0. The molecule has 0 aliphatic carbocycles. The Kier molecular flexibility index (Phi) is 2.73. The van der Waals surface area contributed by atoms with Crippen LogP contribution in [0.4, 0.5) is 0 Å². The van der Waals surface area contributed by atoms with Gasteiger partial charge >= 0.3 is 0 Å². The van der Waals surface area contributed by atoms with Crippen LogP contribution in [0.2, 0.25) is 0 Å². The molecule has 0 spiro atoms. The standard InChI is InChI=1S/C6H10O2.C2H2/c1-3-7-6-5(1)2-4-8-6;1-2/h5-6H,1-4H2;1-2H. The summed E-state index contributed by atoms with van der Waals surface area (Å²) in [5.74, 6) is 0.731. The van der Waals surface area contributed by atoms with E-state index in [1.54, 1.807) is 0 Å². The average molecular weight is 140 g/mol. The third-order valence-corrected chi connectivity index (χ3v) is 1.93. The van der Waals surface area contributed by atoms with Gasteiger partial charge in [-0.25, -0.2) is 0 Å². The summed E-state index contributed by atoms with van der Waals surface area (Å²) >= 11 is 0. The van der Waals surface area contributed by atoms with Crippen molar-refractivity contribution in [3.05, 3.63) is 0 Å². The number of ether oxygens (including phenoxy) is 2. The van der Waals surface area contributed by atoms with E-state index >= 15 is 0 Å². The smallest absolute Gasteiger partial charge is 0.160 e. The van der Waals surface area contributed by atoms with E-state index in [0.29, 0.717) is 0 Å². The lowest BCUT2D eigenvalue weighted by Gasteiger charge is -2.03. The van der Waals surface area contributed by atoms with Gasteiger partial charge in [-0.15, -0.1) is 12.8 Å². The molecular formula is C8H12O2. The fourth-order valence-electron chi connectivity index (χ4n) is 1.41. The molecule has 0 saturated carbocycles. The lowest BCUT2D eigenvalue weighted by molar-refractivity contribution is -0.0904. The van der Waals surface area contributed by atoms with Crippen molar-refractivity contribution in [2.75, 3.05) is 13.2 Å². The molecule has 2 heterocycles. The normalized spacial score (nSPS) is 36.2. The molecule has 2 aliphatic rings. The topological polar surface area (TPSA) is 18.5 Å². The first kappa shape index (κ1) is 7.59. The minimum Gasteiger partial charge on any atom is -0.352 e. The molecule has 2 fully saturated rings. The van der Waals surface area contributed by atoms with Crippen molar-refractivity contribution >= 4 is 0 Å². The molecule has 0 aromatic rings. The van der Waals surface area contributed by atoms with Gasteiger partial charge in [0.15, 0.2) is 6.29 Å². The summed E-state index contributed by atoms with van der Waals surface area (Å²) in [5.41, 5.74) is 0. The molecule has 2 rings (SSSR count). The summed E-state index contributed by atoms with van der Waals surface area (Å²) in [6, 6.07) is 0. The Balaban J connectivity index is 0.000000231. The minimum absolute atomic E-state index is 0.176. The van der Waals surface area contributed by atoms with E-state index in [-0.39, 0.29) is 6.29 Å². The van der Waals surface area contributed by atoms with E-state index < -0.39 is 0 Å². The molecule has 0 bridgehead atoms. The number of fused-ring (bicyclic) bond motifs is 1. The van der Waals surface area contributed by atoms with Crippen molar-refractivity contribution in [3.63, 3.8) is 0 Å². The van der Waals surface area contributed by atoms with E-state index in [1.807, 2.05) is 0 Å². The van der Waals surface area contributed by atoms with Gasteiger partial charge in [0.25, 0.3) is 0 Å². The Morgan fingerprint density at radius 3 is 1.90 bits per heavy atom. The van der Waals surface area contributed by atoms with Crippen LogP contribution in [0.25, 0.3) is 0 Å². The second kappa shape index (κ2) is 3.60. The molecule has 0 amide bonds. The zero-order chi connectivity index (χ0) is 7.40. The summed E-state index contributed by atoms with van der Waals surface area (Å²) < 4.78 is 10.5. The predicted octanol–water partition coefficient (Wildman–Crippen LogP) is 1.02. The number of hydrogen-bond acceptors (Lipinski definition) is 2. The predicted molar refractivity (Wildman–Crippen MR) is 38.3 cm³/mol. The van der Waals surface area contributed by atoms with Gasteiger partial charge in [-0.2, -0.15) is 0 Å². The van der Waals surface area contributed by atoms with Crippen LogP contribution in [-0.2, 0) is 9.47 Å². The van der Waals surface area contributed by atoms with Crippen LogP contribution >= 0.6 is 0 Å². The van der Waals surface area contributed by atoms with E-state index in [4.69, 9.17) is 9.47 Å². The zero-order valence-electron chi connectivity index (χ0n) is 5.95. The molecule has 2 saturated heterocycles. The highest BCUT2D eigenvalue weighted by atomic mass is 16.7. The van der Waals surface area contributed by atoms with Crippen LogP contribution in [0, 0.1) is 18.8 Å². The fraction of sp³-hybridized carbons (Fsp3) is 0.750. The molecule has 56 valence electrons. The molecule has 0 radical (unpaired) electrons. The Morgan fingerprint density at radius 1 is 1.00 bits per heavy atom. The van der Waals surface area contributed by atoms with Gasteiger partial charge in [-0.1, -0.05) is 0 Å². The van der Waals surface area contributed by atoms with Crippen LogP contribution in [0.15, 0.2) is 0 Å². The maximum Gasteiger partial charge on any atom is 0.160 e. The molecule has 0 unspecified atom stereocenters. The Labute approximate surface area is 61.5 Å². The second-order valence-corrected chi connectivity index (χ2v) is 2.45. The van der Waals surface area contributed by atoms with Crippen LogP contribution in [0.3, 0.4) is 0 Å². The molecule has 2 nitrogen and oxygen atoms in total. The number of rotatable bonds is 0. The molecule has 0 aromatic carbocycles.